The summed E-state index contributed by atoms with van der Waals surface area (Å²) in [6.07, 6.45) is 16.3. The van der Waals surface area contributed by atoms with Gasteiger partial charge in [-0.25, -0.2) is 0 Å². The molecule has 1 aliphatic heterocycles. The average molecular weight is 882 g/mol. The van der Waals surface area contributed by atoms with Gasteiger partial charge in [-0.15, -0.1) is 0 Å². The zero-order valence-corrected chi connectivity index (χ0v) is 37.0. The minimum atomic E-state index is -4.50. The molecule has 7 nitrogen and oxygen atoms in total. The average Bonchev–Trinajstić information content (AvgIpc) is 3.28. The van der Waals surface area contributed by atoms with Crippen LogP contribution in [-0.2, 0) is 24.5 Å². The Hall–Kier alpha value is -5.52. The lowest BCUT2D eigenvalue weighted by molar-refractivity contribution is -0.141. The monoisotopic (exact) mass is 881 g/mol. The largest absolute Gasteiger partial charge is 0.481 e. The van der Waals surface area contributed by atoms with E-state index >= 15 is 0 Å². The van der Waals surface area contributed by atoms with Gasteiger partial charge in [-0.3, -0.25) is 18.9 Å². The lowest BCUT2D eigenvalue weighted by atomic mass is 9.65. The number of benzene rings is 4. The Kier molecular flexibility index (Phi) is 14.4. The Labute approximate surface area is 372 Å². The Balaban J connectivity index is 1.32. The number of hydrogen-bond acceptors (Lipinski definition) is 6. The number of aliphatic carboxylic acids is 1. The molecule has 1 aromatic heterocycles. The van der Waals surface area contributed by atoms with Crippen molar-refractivity contribution in [3.05, 3.63) is 167 Å². The van der Waals surface area contributed by atoms with Gasteiger partial charge in [0, 0.05) is 57.7 Å². The molecule has 0 spiro atoms. The van der Waals surface area contributed by atoms with Crippen LogP contribution in [0.5, 0.6) is 0 Å². The van der Waals surface area contributed by atoms with Crippen LogP contribution in [0.2, 0.25) is 0 Å². The third kappa shape index (κ3) is 10.6. The number of carbonyl (C=O) groups excluding carboxylic acids is 2. The fraction of sp³-hybridized carbons (Fsp3) is 0.231. The molecule has 0 radical (unpaired) electrons. The molecule has 0 bridgehead atoms. The summed E-state index contributed by atoms with van der Waals surface area (Å²) in [6, 6.07) is 35.0. The van der Waals surface area contributed by atoms with Crippen LogP contribution in [0.4, 0.5) is 0 Å². The number of carboxylic acids is 1. The van der Waals surface area contributed by atoms with Gasteiger partial charge >= 0.3 is 5.97 Å². The van der Waals surface area contributed by atoms with Crippen LogP contribution in [-0.4, -0.2) is 35.6 Å². The van der Waals surface area contributed by atoms with E-state index in [0.29, 0.717) is 42.6 Å². The summed E-state index contributed by atoms with van der Waals surface area (Å²) in [5.41, 5.74) is 4.68. The molecule has 0 amide bonds. The van der Waals surface area contributed by atoms with Crippen molar-refractivity contribution in [3.8, 4) is 10.4 Å². The van der Waals surface area contributed by atoms with Crippen LogP contribution in [0.15, 0.2) is 161 Å². The standard InChI is InChI=1S/C52H48O7S3/c1-2-16-49(53)52(50(54)25-8-3-4-9-26-51(55)56)34-36(27-29-39-32-46(38-17-6-5-7-18-38)60-44-22-13-10-19-41(39)44)31-37(35-52)28-30-40-33-47(61-45-23-14-11-20-42(40)45)43-21-12-15-24-48(43)62(57,58)59/h5-7,10-15,17-24,27-33H,2-4,8-9,16,25-26,34-35H2,1H3,(H-,55,56,57,58,59)/p+1. The maximum absolute atomic E-state index is 14.6. The highest BCUT2D eigenvalue weighted by Crippen LogP contribution is 2.47. The second kappa shape index (κ2) is 20.1. The maximum Gasteiger partial charge on any atom is 0.303 e. The van der Waals surface area contributed by atoms with E-state index in [9.17, 15) is 27.4 Å². The molecule has 7 rings (SSSR count). The fourth-order valence-electron chi connectivity index (χ4n) is 8.25. The molecule has 0 saturated heterocycles. The maximum atomic E-state index is 14.6. The topological polar surface area (TPSA) is 126 Å². The fourth-order valence-corrected chi connectivity index (χ4v) is 11.3. The van der Waals surface area contributed by atoms with Gasteiger partial charge in [-0.05, 0) is 96.4 Å². The molecule has 0 fully saturated rings. The summed E-state index contributed by atoms with van der Waals surface area (Å²) in [4.78, 5) is 42.6. The van der Waals surface area contributed by atoms with Gasteiger partial charge in [0.05, 0.1) is 5.41 Å². The third-order valence-electron chi connectivity index (χ3n) is 11.3. The van der Waals surface area contributed by atoms with Gasteiger partial charge in [-0.1, -0.05) is 129 Å². The normalized spacial score (nSPS) is 17.8. The van der Waals surface area contributed by atoms with E-state index in [1.54, 1.807) is 29.5 Å². The molecule has 2 aliphatic rings. The molecule has 316 valence electrons. The van der Waals surface area contributed by atoms with Gasteiger partial charge in [0.2, 0.25) is 20.9 Å². The number of unbranched alkanes of at least 4 members (excludes halogenated alkanes) is 3. The van der Waals surface area contributed by atoms with Gasteiger partial charge in [-0.2, -0.15) is 8.42 Å². The smallest absolute Gasteiger partial charge is 0.303 e. The van der Waals surface area contributed by atoms with Crippen LogP contribution in [0.1, 0.15) is 87.8 Å². The van der Waals surface area contributed by atoms with Crippen LogP contribution < -0.4 is 0 Å². The van der Waals surface area contributed by atoms with Crippen molar-refractivity contribution < 1.29 is 32.5 Å². The number of Topliss-reactive ketones (excluding diaryl/α,β-unsaturated/α-hetero) is 2. The lowest BCUT2D eigenvalue weighted by Gasteiger charge is -2.35. The van der Waals surface area contributed by atoms with E-state index in [-0.39, 0.29) is 48.6 Å². The first-order chi connectivity index (χ1) is 29.9. The summed E-state index contributed by atoms with van der Waals surface area (Å²) in [5.74, 6) is -0.997. The lowest BCUT2D eigenvalue weighted by Crippen LogP contribution is -2.41. The zero-order valence-electron chi connectivity index (χ0n) is 34.6. The van der Waals surface area contributed by atoms with E-state index in [2.05, 4.69) is 42.5 Å². The first kappa shape index (κ1) is 44.5. The number of hydrogen-bond donors (Lipinski definition) is 2. The highest BCUT2D eigenvalue weighted by atomic mass is 32.2. The van der Waals surface area contributed by atoms with Crippen molar-refractivity contribution in [2.24, 2.45) is 5.41 Å². The summed E-state index contributed by atoms with van der Waals surface area (Å²) >= 11 is 3.15. The molecule has 1 unspecified atom stereocenters. The molecule has 2 N–H and O–H groups in total. The molecule has 62 heavy (non-hydrogen) atoms. The Morgan fingerprint density at radius 2 is 1.42 bits per heavy atom. The van der Waals surface area contributed by atoms with Crippen molar-refractivity contribution in [2.75, 3.05) is 0 Å². The SMILES string of the molecule is CCCC(=O)C1(C(=O)CCCCCCC(=O)O)CC(/C=C/c2cc(-c3ccccc3)[s+]c3ccccc23)=CC(=C/C=C2\C=C(c3ccccc3S(=O)(=O)O)Sc3ccccc32)/C1. The second-order valence-electron chi connectivity index (χ2n) is 15.8. The summed E-state index contributed by atoms with van der Waals surface area (Å²) in [6.45, 7) is 1.95. The molecule has 10 heteroatoms. The number of fused-ring (bicyclic) bond motifs is 2. The molecule has 0 saturated carbocycles. The minimum absolute atomic E-state index is 0.0739. The van der Waals surface area contributed by atoms with E-state index < -0.39 is 21.5 Å². The Morgan fingerprint density at radius 3 is 2.18 bits per heavy atom. The van der Waals surface area contributed by atoms with Gasteiger partial charge in [0.15, 0.2) is 0 Å². The highest BCUT2D eigenvalue weighted by molar-refractivity contribution is 8.08. The molecule has 5 aromatic rings. The summed E-state index contributed by atoms with van der Waals surface area (Å²) < 4.78 is 36.1. The highest BCUT2D eigenvalue weighted by Gasteiger charge is 2.46. The first-order valence-corrected chi connectivity index (χ1v) is 24.1. The van der Waals surface area contributed by atoms with Gasteiger partial charge in [0.1, 0.15) is 16.5 Å². The van der Waals surface area contributed by atoms with Gasteiger partial charge < -0.3 is 5.11 Å². The van der Waals surface area contributed by atoms with Crippen LogP contribution in [0, 0.1) is 5.41 Å². The van der Waals surface area contributed by atoms with E-state index in [1.807, 2.05) is 85.8 Å². The van der Waals surface area contributed by atoms with Gasteiger partial charge in [0.25, 0.3) is 10.1 Å². The van der Waals surface area contributed by atoms with Crippen LogP contribution >= 0.6 is 23.1 Å². The number of ketones is 2. The first-order valence-electron chi connectivity index (χ1n) is 21.0. The van der Waals surface area contributed by atoms with E-state index in [0.717, 1.165) is 53.3 Å². The van der Waals surface area contributed by atoms with E-state index in [4.69, 9.17) is 5.11 Å². The number of allylic oxidation sites excluding steroid dienone is 8. The quantitative estimate of drug-likeness (QED) is 0.0409. The molecule has 1 atom stereocenters. The molecular formula is C52H49O7S3+. The van der Waals surface area contributed by atoms with Crippen molar-refractivity contribution in [2.45, 2.75) is 80.9 Å². The number of carboxylic acid groups (broad SMARTS) is 1. The molecular weight excluding hydrogens is 833 g/mol. The van der Waals surface area contributed by atoms with E-state index in [1.165, 1.54) is 17.8 Å². The zero-order chi connectivity index (χ0) is 43.7. The molecule has 4 aromatic carbocycles. The predicted octanol–water partition coefficient (Wildman–Crippen LogP) is 13.3. The number of thioether (sulfide) groups is 1. The minimum Gasteiger partial charge on any atom is -0.481 e. The number of carbonyl (C=O) groups is 3. The summed E-state index contributed by atoms with van der Waals surface area (Å²) in [7, 11) is -4.50. The number of rotatable bonds is 17. The molecule has 1 aliphatic carbocycles. The Morgan fingerprint density at radius 1 is 0.742 bits per heavy atom. The molecule has 2 heterocycles. The van der Waals surface area contributed by atoms with Crippen LogP contribution in [0.25, 0.3) is 37.1 Å². The Bertz CT molecular complexity index is 2780. The van der Waals surface area contributed by atoms with Crippen molar-refractivity contribution >= 4 is 77.4 Å². The summed E-state index contributed by atoms with van der Waals surface area (Å²) in [5, 5.41) is 10.2. The third-order valence-corrected chi connectivity index (χ3v) is 14.5. The van der Waals surface area contributed by atoms with Crippen LogP contribution in [0.3, 0.4) is 0 Å². The van der Waals surface area contributed by atoms with Crippen molar-refractivity contribution in [1.29, 1.82) is 0 Å². The van der Waals surface area contributed by atoms with Crippen molar-refractivity contribution in [1.82, 2.24) is 0 Å². The second-order valence-corrected chi connectivity index (χ2v) is 19.3. The van der Waals surface area contributed by atoms with Crippen molar-refractivity contribution in [3.63, 3.8) is 0 Å². The predicted molar refractivity (Wildman–Crippen MR) is 253 cm³/mol.